The van der Waals surface area contributed by atoms with Gasteiger partial charge in [-0.3, -0.25) is 4.79 Å². The van der Waals surface area contributed by atoms with Crippen molar-refractivity contribution in [1.82, 2.24) is 24.8 Å². The molecule has 9 nitrogen and oxygen atoms in total. The number of fused-ring (bicyclic) bond motifs is 2. The number of hydrogen-bond donors (Lipinski definition) is 1. The van der Waals surface area contributed by atoms with Gasteiger partial charge in [-0.15, -0.1) is 0 Å². The van der Waals surface area contributed by atoms with E-state index in [2.05, 4.69) is 15.3 Å². The first-order chi connectivity index (χ1) is 18.9. The summed E-state index contributed by atoms with van der Waals surface area (Å²) in [6, 6.07) is 7.46. The van der Waals surface area contributed by atoms with Crippen molar-refractivity contribution in [3.05, 3.63) is 59.2 Å². The molecule has 2 aliphatic heterocycles. The van der Waals surface area contributed by atoms with Gasteiger partial charge in [0.05, 0.1) is 36.0 Å². The fourth-order valence-electron chi connectivity index (χ4n) is 5.58. The summed E-state index contributed by atoms with van der Waals surface area (Å²) in [6.45, 7) is 10.7. The minimum Gasteiger partial charge on any atom is -0.481 e. The van der Waals surface area contributed by atoms with Crippen molar-refractivity contribution in [2.45, 2.75) is 71.1 Å². The van der Waals surface area contributed by atoms with Gasteiger partial charge in [0.2, 0.25) is 5.88 Å². The number of amides is 2. The summed E-state index contributed by atoms with van der Waals surface area (Å²) in [4.78, 5) is 36.8. The molecule has 1 N–H and O–H groups in total. The fourth-order valence-corrected chi connectivity index (χ4v) is 5.58. The van der Waals surface area contributed by atoms with E-state index in [0.29, 0.717) is 42.3 Å². The van der Waals surface area contributed by atoms with E-state index in [9.17, 15) is 14.0 Å². The monoisotopic (exact) mass is 549 g/mol. The number of nitrogens with one attached hydrogen (secondary N) is 1. The number of imidazole rings is 1. The molecule has 2 aromatic heterocycles. The van der Waals surface area contributed by atoms with E-state index in [4.69, 9.17) is 9.47 Å². The second kappa shape index (κ2) is 10.2. The second-order valence-electron chi connectivity index (χ2n) is 11.9. The van der Waals surface area contributed by atoms with Gasteiger partial charge in [-0.2, -0.15) is 0 Å². The number of aromatic nitrogens is 3. The van der Waals surface area contributed by atoms with E-state index in [1.165, 1.54) is 13.2 Å². The Kier molecular flexibility index (Phi) is 7.06. The summed E-state index contributed by atoms with van der Waals surface area (Å²) in [5.41, 5.74) is 1.18. The number of pyridine rings is 1. The average molecular weight is 550 g/mol. The lowest BCUT2D eigenvalue weighted by Crippen LogP contribution is -2.49. The zero-order valence-corrected chi connectivity index (χ0v) is 23.9. The maximum absolute atomic E-state index is 14.9. The van der Waals surface area contributed by atoms with Crippen molar-refractivity contribution in [3.63, 3.8) is 0 Å². The Hall–Kier alpha value is -3.95. The van der Waals surface area contributed by atoms with E-state index in [0.717, 1.165) is 23.8 Å². The molecule has 212 valence electrons. The molecule has 3 aromatic rings. The zero-order chi connectivity index (χ0) is 28.8. The fraction of sp³-hybridized carbons (Fsp3) is 0.467. The van der Waals surface area contributed by atoms with Crippen LogP contribution >= 0.6 is 0 Å². The largest absolute Gasteiger partial charge is 0.481 e. The van der Waals surface area contributed by atoms with Gasteiger partial charge in [0, 0.05) is 30.7 Å². The van der Waals surface area contributed by atoms with Crippen molar-refractivity contribution >= 4 is 28.7 Å². The molecule has 1 atom stereocenters. The summed E-state index contributed by atoms with van der Waals surface area (Å²) in [7, 11) is 1.53. The lowest BCUT2D eigenvalue weighted by Gasteiger charge is -2.34. The minimum atomic E-state index is -0.959. The van der Waals surface area contributed by atoms with E-state index in [1.807, 2.05) is 39.8 Å². The maximum atomic E-state index is 14.9. The van der Waals surface area contributed by atoms with Crippen LogP contribution in [0.15, 0.2) is 36.5 Å². The number of carbonyl (C=O) groups excluding carboxylic acids is 2. The van der Waals surface area contributed by atoms with Crippen molar-refractivity contribution in [2.24, 2.45) is 0 Å². The molecule has 2 aliphatic rings. The van der Waals surface area contributed by atoms with Crippen LogP contribution in [0.25, 0.3) is 16.7 Å². The van der Waals surface area contributed by atoms with Crippen LogP contribution in [0, 0.1) is 6.92 Å². The third-order valence-corrected chi connectivity index (χ3v) is 7.36. The summed E-state index contributed by atoms with van der Waals surface area (Å²) >= 11 is 0. The van der Waals surface area contributed by atoms with Crippen LogP contribution in [0.2, 0.25) is 0 Å². The molecule has 0 bridgehead atoms. The van der Waals surface area contributed by atoms with Crippen LogP contribution in [0.4, 0.5) is 9.18 Å². The summed E-state index contributed by atoms with van der Waals surface area (Å²) < 4.78 is 27.5. The van der Waals surface area contributed by atoms with Gasteiger partial charge in [-0.1, -0.05) is 6.07 Å². The van der Waals surface area contributed by atoms with Crippen LogP contribution in [-0.4, -0.2) is 62.8 Å². The minimum absolute atomic E-state index is 0.185. The predicted molar refractivity (Wildman–Crippen MR) is 150 cm³/mol. The molecule has 40 heavy (non-hydrogen) atoms. The van der Waals surface area contributed by atoms with E-state index in [-0.39, 0.29) is 23.7 Å². The Morgan fingerprint density at radius 2 is 1.85 bits per heavy atom. The van der Waals surface area contributed by atoms with Crippen molar-refractivity contribution in [3.8, 4) is 5.88 Å². The van der Waals surface area contributed by atoms with Crippen molar-refractivity contribution in [1.29, 1.82) is 0 Å². The number of methoxy groups -OCH3 is 1. The van der Waals surface area contributed by atoms with Crippen molar-refractivity contribution < 1.29 is 23.5 Å². The van der Waals surface area contributed by atoms with E-state index >= 15 is 0 Å². The highest BCUT2D eigenvalue weighted by atomic mass is 19.1. The molecule has 1 fully saturated rings. The van der Waals surface area contributed by atoms with Crippen LogP contribution in [0.5, 0.6) is 5.88 Å². The quantitative estimate of drug-likeness (QED) is 0.470. The lowest BCUT2D eigenvalue weighted by molar-refractivity contribution is 0.0205. The smallest absolute Gasteiger partial charge is 0.410 e. The molecule has 5 rings (SSSR count). The average Bonchev–Trinajstić information content (AvgIpc) is 3.26. The molecule has 10 heteroatoms. The number of nitrogens with zero attached hydrogens (tertiary/aromatic N) is 4. The standard InChI is InChI=1S/C30H36FN5O4/c1-18-16-36-17-30(5,15-23(31)26(36)32-18)34-27(37)22-8-7-20(21-9-10-24(39-6)33-25(21)22)19-11-13-35(14-12-19)28(38)40-29(2,3)4/h7-10,15-16,19H,11-14,17H2,1-6H3,(H,34,37). The molecule has 2 amide bonds. The Bertz CT molecular complexity index is 1500. The third kappa shape index (κ3) is 5.52. The van der Waals surface area contributed by atoms with Crippen LogP contribution in [-0.2, 0) is 11.3 Å². The number of rotatable bonds is 4. The highest BCUT2D eigenvalue weighted by molar-refractivity contribution is 6.07. The molecular formula is C30H36FN5O4. The van der Waals surface area contributed by atoms with Crippen LogP contribution in [0.3, 0.4) is 0 Å². The molecule has 0 spiro atoms. The Morgan fingerprint density at radius 3 is 2.52 bits per heavy atom. The molecule has 1 aromatic carbocycles. The number of ether oxygens (including phenoxy) is 2. The molecule has 4 heterocycles. The van der Waals surface area contributed by atoms with Gasteiger partial charge in [0.25, 0.3) is 5.91 Å². The lowest BCUT2D eigenvalue weighted by atomic mass is 9.86. The third-order valence-electron chi connectivity index (χ3n) is 7.36. The summed E-state index contributed by atoms with van der Waals surface area (Å²) in [5.74, 6) is 0.0167. The van der Waals surface area contributed by atoms with Gasteiger partial charge in [-0.25, -0.2) is 19.2 Å². The van der Waals surface area contributed by atoms with Crippen molar-refractivity contribution in [2.75, 3.05) is 20.2 Å². The first-order valence-corrected chi connectivity index (χ1v) is 13.6. The van der Waals surface area contributed by atoms with Crippen LogP contribution in [0.1, 0.15) is 73.9 Å². The first-order valence-electron chi connectivity index (χ1n) is 13.6. The highest BCUT2D eigenvalue weighted by Gasteiger charge is 2.34. The van der Waals surface area contributed by atoms with Gasteiger partial charge >= 0.3 is 6.09 Å². The summed E-state index contributed by atoms with van der Waals surface area (Å²) in [6.07, 6.45) is 4.42. The number of piperidine rings is 1. The van der Waals surface area contributed by atoms with Gasteiger partial charge in [0.1, 0.15) is 5.60 Å². The molecular weight excluding hydrogens is 513 g/mol. The molecule has 1 saturated heterocycles. The number of halogens is 1. The number of hydrogen-bond acceptors (Lipinski definition) is 6. The molecule has 1 unspecified atom stereocenters. The number of carbonyl (C=O) groups is 2. The highest BCUT2D eigenvalue weighted by Crippen LogP contribution is 2.36. The normalized spacial score (nSPS) is 19.7. The molecule has 0 saturated carbocycles. The first kappa shape index (κ1) is 27.6. The summed E-state index contributed by atoms with van der Waals surface area (Å²) in [5, 5.41) is 3.87. The van der Waals surface area contributed by atoms with Gasteiger partial charge in [-0.05, 0) is 77.2 Å². The Labute approximate surface area is 233 Å². The predicted octanol–water partition coefficient (Wildman–Crippen LogP) is 5.38. The topological polar surface area (TPSA) is 98.6 Å². The zero-order valence-electron chi connectivity index (χ0n) is 23.9. The molecule has 0 aliphatic carbocycles. The van der Waals surface area contributed by atoms with E-state index < -0.39 is 17.0 Å². The SMILES string of the molecule is COc1ccc2c(C3CCN(C(=O)OC(C)(C)C)CC3)ccc(C(=O)NC3(C)C=C(F)c4nc(C)cn4C3)c2n1. The second-order valence-corrected chi connectivity index (χ2v) is 11.9. The Morgan fingerprint density at radius 1 is 1.12 bits per heavy atom. The van der Waals surface area contributed by atoms with Gasteiger partial charge < -0.3 is 24.3 Å². The van der Waals surface area contributed by atoms with Gasteiger partial charge in [0.15, 0.2) is 11.7 Å². The maximum Gasteiger partial charge on any atom is 0.410 e. The number of likely N-dealkylation sites (tertiary alicyclic amines) is 1. The Balaban J connectivity index is 1.40. The molecule has 0 radical (unpaired) electrons. The number of benzene rings is 1. The van der Waals surface area contributed by atoms with E-state index in [1.54, 1.807) is 34.7 Å². The van der Waals surface area contributed by atoms with Crippen LogP contribution < -0.4 is 10.1 Å². The number of aryl methyl sites for hydroxylation is 1.